The van der Waals surface area contributed by atoms with Crippen LogP contribution in [0.5, 0.6) is 0 Å². The maximum Gasteiger partial charge on any atom is 0.261 e. The molecule has 0 N–H and O–H groups in total. The zero-order valence-corrected chi connectivity index (χ0v) is 11.1. The van der Waals surface area contributed by atoms with Gasteiger partial charge in [0, 0.05) is 16.1 Å². The Hall–Kier alpha value is -0.610. The van der Waals surface area contributed by atoms with Gasteiger partial charge in [0.2, 0.25) is 0 Å². The van der Waals surface area contributed by atoms with Crippen LogP contribution >= 0.6 is 10.7 Å². The molecule has 1 unspecified atom stereocenters. The van der Waals surface area contributed by atoms with E-state index in [-0.39, 0.29) is 4.90 Å². The zero-order chi connectivity index (χ0) is 12.7. The van der Waals surface area contributed by atoms with Crippen LogP contribution in [0, 0.1) is 0 Å². The molecule has 0 radical (unpaired) electrons. The van der Waals surface area contributed by atoms with E-state index in [0.29, 0.717) is 18.4 Å². The quantitative estimate of drug-likeness (QED) is 0.793. The Morgan fingerprint density at radius 1 is 1.35 bits per heavy atom. The lowest BCUT2D eigenvalue weighted by atomic mass is 9.62. The molecular formula is C12H14ClFO2S. The normalized spacial score (nSPS) is 20.6. The lowest BCUT2D eigenvalue weighted by Crippen LogP contribution is -2.42. The van der Waals surface area contributed by atoms with Crippen LogP contribution in [0.25, 0.3) is 0 Å². The summed E-state index contributed by atoms with van der Waals surface area (Å²) in [5.74, 6) is 0. The molecule has 17 heavy (non-hydrogen) atoms. The molecule has 94 valence electrons. The first-order valence-corrected chi connectivity index (χ1v) is 7.87. The first-order chi connectivity index (χ1) is 7.88. The first kappa shape index (κ1) is 12.8. The van der Waals surface area contributed by atoms with Gasteiger partial charge in [-0.15, -0.1) is 0 Å². The molecule has 2 rings (SSSR count). The van der Waals surface area contributed by atoms with Crippen molar-refractivity contribution in [3.8, 4) is 0 Å². The van der Waals surface area contributed by atoms with Crippen molar-refractivity contribution in [2.45, 2.75) is 42.7 Å². The van der Waals surface area contributed by atoms with E-state index in [0.717, 1.165) is 6.42 Å². The van der Waals surface area contributed by atoms with E-state index in [1.165, 1.54) is 13.0 Å². The number of halogens is 2. The van der Waals surface area contributed by atoms with E-state index >= 15 is 0 Å². The predicted octanol–water partition coefficient (Wildman–Crippen LogP) is 3.39. The molecule has 0 aliphatic heterocycles. The minimum Gasteiger partial charge on any atom is -0.247 e. The van der Waals surface area contributed by atoms with Crippen LogP contribution in [0.15, 0.2) is 29.2 Å². The van der Waals surface area contributed by atoms with Crippen LogP contribution in [0.1, 0.15) is 31.7 Å². The monoisotopic (exact) mass is 276 g/mol. The van der Waals surface area contributed by atoms with Gasteiger partial charge in [-0.05, 0) is 31.4 Å². The van der Waals surface area contributed by atoms with Crippen molar-refractivity contribution in [2.24, 2.45) is 0 Å². The second-order valence-corrected chi connectivity index (χ2v) is 7.09. The second kappa shape index (κ2) is 4.25. The largest absolute Gasteiger partial charge is 0.261 e. The predicted molar refractivity (Wildman–Crippen MR) is 65.6 cm³/mol. The van der Waals surface area contributed by atoms with Gasteiger partial charge >= 0.3 is 0 Å². The fraction of sp³-hybridized carbons (Fsp3) is 0.500. The van der Waals surface area contributed by atoms with Gasteiger partial charge in [-0.2, -0.15) is 0 Å². The Labute approximate surface area is 105 Å². The molecule has 0 spiro atoms. The number of alkyl halides is 1. The molecule has 0 bridgehead atoms. The first-order valence-electron chi connectivity index (χ1n) is 5.56. The minimum absolute atomic E-state index is 0.0471. The maximum atomic E-state index is 13.8. The van der Waals surface area contributed by atoms with Crippen molar-refractivity contribution in [2.75, 3.05) is 0 Å². The highest BCUT2D eigenvalue weighted by Gasteiger charge is 2.46. The van der Waals surface area contributed by atoms with Crippen molar-refractivity contribution in [1.82, 2.24) is 0 Å². The molecule has 0 saturated heterocycles. The highest BCUT2D eigenvalue weighted by molar-refractivity contribution is 8.13. The summed E-state index contributed by atoms with van der Waals surface area (Å²) in [7, 11) is 1.58. The molecule has 1 aromatic rings. The molecule has 0 aromatic heterocycles. The van der Waals surface area contributed by atoms with Crippen LogP contribution < -0.4 is 0 Å². The van der Waals surface area contributed by atoms with E-state index in [1.807, 2.05) is 0 Å². The Morgan fingerprint density at radius 3 is 2.35 bits per heavy atom. The Bertz CT molecular complexity index is 521. The summed E-state index contributed by atoms with van der Waals surface area (Å²) in [5.41, 5.74) is -0.144. The topological polar surface area (TPSA) is 34.1 Å². The Balaban J connectivity index is 2.60. The van der Waals surface area contributed by atoms with Gasteiger partial charge in [0.25, 0.3) is 9.05 Å². The van der Waals surface area contributed by atoms with Gasteiger partial charge in [-0.25, -0.2) is 12.8 Å². The third-order valence-corrected chi connectivity index (χ3v) is 5.07. The van der Waals surface area contributed by atoms with E-state index in [2.05, 4.69) is 0 Å². The molecule has 1 atom stereocenters. The van der Waals surface area contributed by atoms with Gasteiger partial charge in [-0.3, -0.25) is 0 Å². The fourth-order valence-electron chi connectivity index (χ4n) is 2.53. The smallest absolute Gasteiger partial charge is 0.247 e. The SMILES string of the molecule is CC(F)C1(c2ccccc2S(=O)(=O)Cl)CCC1. The summed E-state index contributed by atoms with van der Waals surface area (Å²) < 4.78 is 36.8. The Kier molecular flexibility index (Phi) is 3.21. The molecular weight excluding hydrogens is 263 g/mol. The third-order valence-electron chi connectivity index (χ3n) is 3.69. The number of benzene rings is 1. The van der Waals surface area contributed by atoms with Crippen molar-refractivity contribution in [3.63, 3.8) is 0 Å². The van der Waals surface area contributed by atoms with Gasteiger partial charge in [-0.1, -0.05) is 24.6 Å². The number of hydrogen-bond acceptors (Lipinski definition) is 2. The molecule has 1 aliphatic carbocycles. The van der Waals surface area contributed by atoms with Crippen LogP contribution in [0.2, 0.25) is 0 Å². The third kappa shape index (κ3) is 2.08. The second-order valence-electron chi connectivity index (χ2n) is 4.56. The molecule has 0 heterocycles. The molecule has 2 nitrogen and oxygen atoms in total. The maximum absolute atomic E-state index is 13.8. The Morgan fingerprint density at radius 2 is 1.94 bits per heavy atom. The van der Waals surface area contributed by atoms with Crippen LogP contribution in [0.3, 0.4) is 0 Å². The van der Waals surface area contributed by atoms with Crippen molar-refractivity contribution in [3.05, 3.63) is 29.8 Å². The van der Waals surface area contributed by atoms with Crippen LogP contribution in [-0.2, 0) is 14.5 Å². The highest BCUT2D eigenvalue weighted by atomic mass is 35.7. The highest BCUT2D eigenvalue weighted by Crippen LogP contribution is 2.49. The molecule has 1 aliphatic rings. The molecule has 1 fully saturated rings. The number of rotatable bonds is 3. The molecule has 1 aromatic carbocycles. The molecule has 5 heteroatoms. The summed E-state index contributed by atoms with van der Waals surface area (Å²) in [6.07, 6.45) is 1.20. The lowest BCUT2D eigenvalue weighted by molar-refractivity contribution is 0.111. The van der Waals surface area contributed by atoms with E-state index in [4.69, 9.17) is 10.7 Å². The zero-order valence-electron chi connectivity index (χ0n) is 9.49. The van der Waals surface area contributed by atoms with Gasteiger partial charge in [0.15, 0.2) is 0 Å². The van der Waals surface area contributed by atoms with Crippen molar-refractivity contribution in [1.29, 1.82) is 0 Å². The fourth-order valence-corrected chi connectivity index (χ4v) is 3.71. The summed E-state index contributed by atoms with van der Waals surface area (Å²) >= 11 is 0. The van der Waals surface area contributed by atoms with Gasteiger partial charge < -0.3 is 0 Å². The summed E-state index contributed by atoms with van der Waals surface area (Å²) in [5, 5.41) is 0. The van der Waals surface area contributed by atoms with Crippen molar-refractivity contribution >= 4 is 19.7 Å². The average Bonchev–Trinajstić information content (AvgIpc) is 2.14. The summed E-state index contributed by atoms with van der Waals surface area (Å²) in [6.45, 7) is 1.48. The average molecular weight is 277 g/mol. The van der Waals surface area contributed by atoms with Crippen LogP contribution in [0.4, 0.5) is 4.39 Å². The number of hydrogen-bond donors (Lipinski definition) is 0. The van der Waals surface area contributed by atoms with E-state index in [1.54, 1.807) is 18.2 Å². The van der Waals surface area contributed by atoms with E-state index < -0.39 is 20.6 Å². The van der Waals surface area contributed by atoms with Gasteiger partial charge in [0.1, 0.15) is 6.17 Å². The standard InChI is InChI=1S/C12H14ClFO2S/c1-9(14)12(7-4-8-12)10-5-2-3-6-11(10)17(13,15)16/h2-3,5-6,9H,4,7-8H2,1H3. The molecule has 1 saturated carbocycles. The lowest BCUT2D eigenvalue weighted by Gasteiger charge is -2.44. The van der Waals surface area contributed by atoms with Crippen molar-refractivity contribution < 1.29 is 12.8 Å². The molecule has 0 amide bonds. The summed E-state index contributed by atoms with van der Waals surface area (Å²) in [6, 6.07) is 6.45. The van der Waals surface area contributed by atoms with Gasteiger partial charge in [0.05, 0.1) is 4.90 Å². The summed E-state index contributed by atoms with van der Waals surface area (Å²) in [4.78, 5) is 0.0471. The minimum atomic E-state index is -3.82. The van der Waals surface area contributed by atoms with E-state index in [9.17, 15) is 12.8 Å². The van der Waals surface area contributed by atoms with Crippen LogP contribution in [-0.4, -0.2) is 14.6 Å².